The molecular formula is C51H73ClN2O8. The molecule has 0 unspecified atom stereocenters. The number of fused-ring (bicyclic) bond motifs is 7. The summed E-state index contributed by atoms with van der Waals surface area (Å²) in [5.74, 6) is -0.827. The number of ketones is 1. The summed E-state index contributed by atoms with van der Waals surface area (Å²) < 4.78 is 12.8. The third-order valence-corrected chi connectivity index (χ3v) is 19.6. The third kappa shape index (κ3) is 6.91. The van der Waals surface area contributed by atoms with E-state index in [0.29, 0.717) is 41.0 Å². The smallest absolute Gasteiger partial charge is 0.309 e. The summed E-state index contributed by atoms with van der Waals surface area (Å²) in [6.45, 7) is 21.8. The Bertz CT molecular complexity index is 2020. The molecule has 5 saturated carbocycles. The molecule has 1 aromatic rings. The molecule has 0 radical (unpaired) electrons. The number of hydrogen-bond donors (Lipinski definition) is 4. The molecule has 1 saturated heterocycles. The summed E-state index contributed by atoms with van der Waals surface area (Å²) in [7, 11) is 0. The number of carboxylic acid groups (broad SMARTS) is 1. The Hall–Kier alpha value is -2.95. The Labute approximate surface area is 374 Å². The van der Waals surface area contributed by atoms with Gasteiger partial charge < -0.3 is 30.3 Å². The molecular weight excluding hydrogens is 804 g/mol. The molecule has 1 aliphatic heterocycles. The van der Waals surface area contributed by atoms with Crippen molar-refractivity contribution in [3.63, 3.8) is 0 Å². The average molecular weight is 878 g/mol. The Morgan fingerprint density at radius 2 is 1.58 bits per heavy atom. The predicted octanol–water partition coefficient (Wildman–Crippen LogP) is 9.20. The molecule has 11 heteroatoms. The van der Waals surface area contributed by atoms with Crippen molar-refractivity contribution in [2.24, 2.45) is 68.0 Å². The van der Waals surface area contributed by atoms with E-state index < -0.39 is 34.7 Å². The normalized spacial score (nSPS) is 39.1. The summed E-state index contributed by atoms with van der Waals surface area (Å²) in [5, 5.41) is 29.0. The Morgan fingerprint density at radius 3 is 2.24 bits per heavy atom. The lowest BCUT2D eigenvalue weighted by molar-refractivity contribution is -0.238. The molecule has 6 fully saturated rings. The van der Waals surface area contributed by atoms with Crippen LogP contribution in [0.4, 0.5) is 0 Å². The van der Waals surface area contributed by atoms with E-state index in [-0.39, 0.29) is 76.3 Å². The lowest BCUT2D eigenvalue weighted by Crippen LogP contribution is -2.66. The number of aliphatic hydroxyl groups excluding tert-OH is 1. The van der Waals surface area contributed by atoms with Crippen molar-refractivity contribution in [3.05, 3.63) is 39.9 Å². The van der Waals surface area contributed by atoms with Gasteiger partial charge in [0, 0.05) is 28.8 Å². The first-order valence-corrected chi connectivity index (χ1v) is 24.2. The molecule has 342 valence electrons. The van der Waals surface area contributed by atoms with Crippen LogP contribution in [-0.2, 0) is 19.1 Å². The van der Waals surface area contributed by atoms with Crippen molar-refractivity contribution in [2.75, 3.05) is 19.6 Å². The number of Topliss-reactive ketones (excluding diaryl/α,β-unsaturated/α-hetero) is 1. The number of ether oxygens (including phenoxy) is 2. The summed E-state index contributed by atoms with van der Waals surface area (Å²) in [6.07, 6.45) is 8.46. The zero-order chi connectivity index (χ0) is 44.9. The van der Waals surface area contributed by atoms with Gasteiger partial charge in [0.15, 0.2) is 5.78 Å². The molecule has 4 N–H and O–H groups in total. The van der Waals surface area contributed by atoms with E-state index in [4.69, 9.17) is 21.1 Å². The highest BCUT2D eigenvalue weighted by molar-refractivity contribution is 6.30. The minimum atomic E-state index is -0.939. The molecule has 8 rings (SSSR count). The number of benzene rings is 1. The lowest BCUT2D eigenvalue weighted by atomic mass is 9.33. The zero-order valence-corrected chi connectivity index (χ0v) is 39.5. The Morgan fingerprint density at radius 1 is 0.871 bits per heavy atom. The average Bonchev–Trinajstić information content (AvgIpc) is 3.51. The highest BCUT2D eigenvalue weighted by atomic mass is 35.5. The van der Waals surface area contributed by atoms with Crippen molar-refractivity contribution < 1.29 is 38.9 Å². The third-order valence-electron chi connectivity index (χ3n) is 19.4. The van der Waals surface area contributed by atoms with Crippen LogP contribution in [-0.4, -0.2) is 71.8 Å². The van der Waals surface area contributed by atoms with E-state index in [2.05, 4.69) is 59.1 Å². The fraction of sp³-hybridized carbons (Fsp3) is 0.765. The zero-order valence-electron chi connectivity index (χ0n) is 38.8. The van der Waals surface area contributed by atoms with Gasteiger partial charge in [0.25, 0.3) is 5.91 Å². The second-order valence-electron chi connectivity index (χ2n) is 23.1. The van der Waals surface area contributed by atoms with Crippen LogP contribution < -0.4 is 15.4 Å². The van der Waals surface area contributed by atoms with Crippen LogP contribution in [0.25, 0.3) is 0 Å². The number of nitrogens with one attached hydrogen (secondary N) is 2. The number of halogens is 1. The van der Waals surface area contributed by atoms with Gasteiger partial charge in [-0.2, -0.15) is 0 Å². The lowest BCUT2D eigenvalue weighted by Gasteiger charge is -2.72. The summed E-state index contributed by atoms with van der Waals surface area (Å²) >= 11 is 6.38. The van der Waals surface area contributed by atoms with E-state index in [0.717, 1.165) is 76.5 Å². The van der Waals surface area contributed by atoms with Crippen LogP contribution in [0, 0.1) is 68.0 Å². The number of carbonyl (C=O) groups excluding carboxylic acids is 3. The fourth-order valence-corrected chi connectivity index (χ4v) is 15.8. The van der Waals surface area contributed by atoms with Crippen LogP contribution in [0.5, 0.6) is 5.75 Å². The quantitative estimate of drug-likeness (QED) is 0.169. The number of amides is 1. The van der Waals surface area contributed by atoms with E-state index in [1.54, 1.807) is 18.2 Å². The van der Waals surface area contributed by atoms with Gasteiger partial charge in [-0.25, -0.2) is 0 Å². The number of carbonyl (C=O) groups is 4. The maximum absolute atomic E-state index is 14.3. The van der Waals surface area contributed by atoms with Crippen molar-refractivity contribution in [3.8, 4) is 5.75 Å². The van der Waals surface area contributed by atoms with E-state index in [1.165, 1.54) is 5.57 Å². The van der Waals surface area contributed by atoms with Gasteiger partial charge in [-0.3, -0.25) is 19.2 Å². The number of hydrogen-bond acceptors (Lipinski definition) is 8. The topological polar surface area (TPSA) is 151 Å². The molecule has 6 aliphatic carbocycles. The van der Waals surface area contributed by atoms with Crippen LogP contribution in [0.2, 0.25) is 5.02 Å². The minimum Gasteiger partial charge on any atom is -0.489 e. The SMILES string of the molecule is CC(C)C1=C2[C@H]3CC[C@@H]4[C@@]5(C)CC[C@H](OC(=O)[C@H]6C[C@@H](C(=O)O)C6(C)C)C(C)(C)[C@@H]5CC[C@@]4(C)[C@]3(C)CC[C@@]2([C@@H](O)CNC(=O)c2ccc(Cl)cc2OC2CCNCC2)CC1=O. The fourth-order valence-electron chi connectivity index (χ4n) is 15.6. The largest absolute Gasteiger partial charge is 0.489 e. The van der Waals surface area contributed by atoms with E-state index in [1.807, 2.05) is 13.8 Å². The molecule has 11 atom stereocenters. The predicted molar refractivity (Wildman–Crippen MR) is 239 cm³/mol. The van der Waals surface area contributed by atoms with E-state index in [9.17, 15) is 29.4 Å². The maximum Gasteiger partial charge on any atom is 0.309 e. The second-order valence-corrected chi connectivity index (χ2v) is 23.5. The molecule has 10 nitrogen and oxygen atoms in total. The van der Waals surface area contributed by atoms with Crippen LogP contribution in [0.3, 0.4) is 0 Å². The van der Waals surface area contributed by atoms with Gasteiger partial charge in [0.05, 0.1) is 23.5 Å². The maximum atomic E-state index is 14.3. The summed E-state index contributed by atoms with van der Waals surface area (Å²) in [6, 6.07) is 5.08. The highest BCUT2D eigenvalue weighted by Gasteiger charge is 2.71. The Balaban J connectivity index is 1.02. The minimum absolute atomic E-state index is 0.0176. The van der Waals surface area contributed by atoms with Crippen molar-refractivity contribution in [1.29, 1.82) is 0 Å². The number of esters is 1. The molecule has 1 heterocycles. The van der Waals surface area contributed by atoms with E-state index >= 15 is 0 Å². The summed E-state index contributed by atoms with van der Waals surface area (Å²) in [5.41, 5.74) is 0.727. The molecule has 0 spiro atoms. The molecule has 7 aliphatic rings. The van der Waals surface area contributed by atoms with Gasteiger partial charge in [0.2, 0.25) is 0 Å². The van der Waals surface area contributed by atoms with Gasteiger partial charge in [-0.15, -0.1) is 0 Å². The molecule has 1 aromatic carbocycles. The number of carboxylic acids is 1. The van der Waals surface area contributed by atoms with Gasteiger partial charge in [-0.1, -0.05) is 79.5 Å². The first kappa shape index (κ1) is 45.6. The van der Waals surface area contributed by atoms with Gasteiger partial charge in [0.1, 0.15) is 18.0 Å². The van der Waals surface area contributed by atoms with Gasteiger partial charge >= 0.3 is 11.9 Å². The number of aliphatic carboxylic acids is 1. The van der Waals surface area contributed by atoms with Crippen molar-refractivity contribution in [2.45, 2.75) is 158 Å². The van der Waals surface area contributed by atoms with Crippen molar-refractivity contribution in [1.82, 2.24) is 10.6 Å². The van der Waals surface area contributed by atoms with Gasteiger partial charge in [-0.05, 0) is 153 Å². The standard InChI is InChI=1S/C51H73ClN2O8/c1-28(2)41-35(55)26-51(39(56)27-54-43(57)31-11-10-29(52)24-36(31)61-30-16-22-53-23-17-30)21-20-49(8)32(42(41)51)12-13-38-48(7)18-15-40(47(5,6)37(48)14-19-50(38,49)9)62-45(60)34-25-33(44(58)59)46(34,3)4/h10-11,24,28,30,32-34,37-40,53,56H,12-23,25-27H2,1-9H3,(H,54,57)(H,58,59)/t32-,33+,34-,37+,38-,39+,40+,48+,49-,50-,51+/m1/s1. The van der Waals surface area contributed by atoms with Crippen LogP contribution in [0.1, 0.15) is 150 Å². The second kappa shape index (κ2) is 15.9. The monoisotopic (exact) mass is 877 g/mol. The molecule has 62 heavy (non-hydrogen) atoms. The number of allylic oxidation sites excluding steroid dienone is 1. The number of aliphatic hydroxyl groups is 1. The first-order chi connectivity index (χ1) is 29.0. The molecule has 1 amide bonds. The molecule has 0 bridgehead atoms. The van der Waals surface area contributed by atoms with Crippen LogP contribution >= 0.6 is 11.6 Å². The first-order valence-electron chi connectivity index (χ1n) is 23.9. The van der Waals surface area contributed by atoms with Crippen molar-refractivity contribution >= 4 is 35.2 Å². The number of rotatable bonds is 10. The Kier molecular flexibility index (Phi) is 11.7. The summed E-state index contributed by atoms with van der Waals surface area (Å²) in [4.78, 5) is 53.7. The number of piperidine rings is 1. The van der Waals surface area contributed by atoms with Crippen LogP contribution in [0.15, 0.2) is 29.3 Å². The highest BCUT2D eigenvalue weighted by Crippen LogP contribution is 2.77. The molecule has 0 aromatic heterocycles.